The van der Waals surface area contributed by atoms with Gasteiger partial charge >= 0.3 is 5.97 Å². The average molecular weight is 513 g/mol. The minimum absolute atomic E-state index is 0.00714. The standard InChI is InChI=1S/C29H28N4O5/c30-20-6-9-22(10-7-20)37-17-19-15-21(8-12-27(19)38-23-3-1-2-4-23)32-29-31-14-13-25(33-29)24-11-5-18(28(35)36)16-26(24)34/h5-16,23,34H,1-4,17,30H2,(H,35,36)(H,31,32,33). The lowest BCUT2D eigenvalue weighted by atomic mass is 10.1. The molecule has 38 heavy (non-hydrogen) atoms. The zero-order valence-electron chi connectivity index (χ0n) is 20.6. The molecule has 1 fully saturated rings. The highest BCUT2D eigenvalue weighted by Crippen LogP contribution is 2.32. The molecule has 0 aliphatic heterocycles. The van der Waals surface area contributed by atoms with Gasteiger partial charge in [0.25, 0.3) is 0 Å². The fourth-order valence-electron chi connectivity index (χ4n) is 4.38. The summed E-state index contributed by atoms with van der Waals surface area (Å²) < 4.78 is 12.3. The molecule has 1 aromatic heterocycles. The fraction of sp³-hybridized carbons (Fsp3) is 0.207. The summed E-state index contributed by atoms with van der Waals surface area (Å²) in [5.41, 5.74) is 8.91. The number of aromatic nitrogens is 2. The van der Waals surface area contributed by atoms with Crippen molar-refractivity contribution in [2.24, 2.45) is 0 Å². The van der Waals surface area contributed by atoms with E-state index in [-0.39, 0.29) is 17.4 Å². The van der Waals surface area contributed by atoms with Gasteiger partial charge in [0.1, 0.15) is 23.9 Å². The third kappa shape index (κ3) is 5.95. The van der Waals surface area contributed by atoms with Crippen LogP contribution in [0.5, 0.6) is 17.2 Å². The number of anilines is 3. The molecule has 0 bridgehead atoms. The van der Waals surface area contributed by atoms with Gasteiger partial charge in [-0.25, -0.2) is 14.8 Å². The van der Waals surface area contributed by atoms with Crippen LogP contribution in [0.2, 0.25) is 0 Å². The Hall–Kier alpha value is -4.79. The molecule has 194 valence electrons. The van der Waals surface area contributed by atoms with E-state index in [9.17, 15) is 9.90 Å². The molecular weight excluding hydrogens is 484 g/mol. The number of nitrogens with two attached hydrogens (primary N) is 1. The first-order valence-corrected chi connectivity index (χ1v) is 12.4. The smallest absolute Gasteiger partial charge is 0.335 e. The van der Waals surface area contributed by atoms with Crippen LogP contribution in [0.25, 0.3) is 11.3 Å². The Balaban J connectivity index is 1.37. The number of aromatic carboxylic acids is 1. The van der Waals surface area contributed by atoms with Crippen molar-refractivity contribution in [3.8, 4) is 28.5 Å². The number of aromatic hydroxyl groups is 1. The first-order valence-electron chi connectivity index (χ1n) is 12.4. The summed E-state index contributed by atoms with van der Waals surface area (Å²) in [5.74, 6) is 0.503. The molecule has 0 unspecified atom stereocenters. The van der Waals surface area contributed by atoms with Gasteiger partial charge in [-0.15, -0.1) is 0 Å². The number of nitrogens with one attached hydrogen (secondary N) is 1. The Kier molecular flexibility index (Phi) is 7.26. The van der Waals surface area contributed by atoms with Crippen molar-refractivity contribution in [2.45, 2.75) is 38.4 Å². The number of nitrogen functional groups attached to an aromatic ring is 1. The monoisotopic (exact) mass is 512 g/mol. The molecule has 5 rings (SSSR count). The molecule has 1 saturated carbocycles. The van der Waals surface area contributed by atoms with E-state index in [0.29, 0.717) is 35.2 Å². The van der Waals surface area contributed by atoms with Crippen LogP contribution in [0, 0.1) is 0 Å². The predicted octanol–water partition coefficient (Wildman–Crippen LogP) is 5.77. The van der Waals surface area contributed by atoms with Crippen LogP contribution in [0.15, 0.2) is 72.9 Å². The van der Waals surface area contributed by atoms with E-state index in [1.54, 1.807) is 24.4 Å². The van der Waals surface area contributed by atoms with Gasteiger partial charge < -0.3 is 30.7 Å². The summed E-state index contributed by atoms with van der Waals surface area (Å²) in [6, 6.07) is 18.8. The van der Waals surface area contributed by atoms with Gasteiger partial charge in [-0.1, -0.05) is 0 Å². The van der Waals surface area contributed by atoms with E-state index >= 15 is 0 Å². The number of rotatable bonds is 9. The van der Waals surface area contributed by atoms with Crippen molar-refractivity contribution in [1.82, 2.24) is 9.97 Å². The van der Waals surface area contributed by atoms with Gasteiger partial charge in [-0.2, -0.15) is 0 Å². The SMILES string of the molecule is Nc1ccc(OCc2cc(Nc3nccc(-c4ccc(C(=O)O)cc4O)n3)ccc2OC2CCCC2)cc1. The maximum atomic E-state index is 11.2. The summed E-state index contributed by atoms with van der Waals surface area (Å²) >= 11 is 0. The number of carboxylic acids is 1. The van der Waals surface area contributed by atoms with E-state index in [1.807, 2.05) is 30.3 Å². The highest BCUT2D eigenvalue weighted by Gasteiger charge is 2.19. The van der Waals surface area contributed by atoms with Crippen LogP contribution in [-0.4, -0.2) is 32.3 Å². The molecule has 0 amide bonds. The highest BCUT2D eigenvalue weighted by atomic mass is 16.5. The number of benzene rings is 3. The van der Waals surface area contributed by atoms with Crippen molar-refractivity contribution in [3.05, 3.63) is 84.1 Å². The number of nitrogens with zero attached hydrogens (tertiary/aromatic N) is 2. The maximum Gasteiger partial charge on any atom is 0.335 e. The normalized spacial score (nSPS) is 13.3. The van der Waals surface area contributed by atoms with Gasteiger partial charge in [0, 0.05) is 28.7 Å². The second-order valence-corrected chi connectivity index (χ2v) is 9.13. The number of hydrogen-bond donors (Lipinski definition) is 4. The van der Waals surface area contributed by atoms with Crippen molar-refractivity contribution in [1.29, 1.82) is 0 Å². The van der Waals surface area contributed by atoms with Crippen molar-refractivity contribution in [2.75, 3.05) is 11.1 Å². The fourth-order valence-corrected chi connectivity index (χ4v) is 4.38. The molecule has 9 nitrogen and oxygen atoms in total. The van der Waals surface area contributed by atoms with E-state index in [2.05, 4.69) is 15.3 Å². The minimum atomic E-state index is -1.12. The van der Waals surface area contributed by atoms with E-state index in [4.69, 9.17) is 20.3 Å². The van der Waals surface area contributed by atoms with Gasteiger partial charge in [0.15, 0.2) is 0 Å². The summed E-state index contributed by atoms with van der Waals surface area (Å²) in [6.45, 7) is 0.298. The summed E-state index contributed by atoms with van der Waals surface area (Å²) in [6.07, 6.45) is 6.19. The van der Waals surface area contributed by atoms with Crippen LogP contribution >= 0.6 is 0 Å². The molecule has 0 radical (unpaired) electrons. The van der Waals surface area contributed by atoms with E-state index < -0.39 is 5.97 Å². The largest absolute Gasteiger partial charge is 0.507 e. The first kappa shape index (κ1) is 24.9. The van der Waals surface area contributed by atoms with Crippen LogP contribution in [0.1, 0.15) is 41.6 Å². The number of hydrogen-bond acceptors (Lipinski definition) is 8. The van der Waals surface area contributed by atoms with Gasteiger partial charge in [-0.05, 0) is 92.4 Å². The second kappa shape index (κ2) is 11.1. The Morgan fingerprint density at radius 3 is 2.55 bits per heavy atom. The van der Waals surface area contributed by atoms with Gasteiger partial charge in [-0.3, -0.25) is 0 Å². The predicted molar refractivity (Wildman–Crippen MR) is 144 cm³/mol. The Morgan fingerprint density at radius 1 is 1.03 bits per heavy atom. The third-order valence-corrected chi connectivity index (χ3v) is 6.36. The lowest BCUT2D eigenvalue weighted by molar-refractivity contribution is 0.0696. The third-order valence-electron chi connectivity index (χ3n) is 6.36. The molecule has 5 N–H and O–H groups in total. The van der Waals surface area contributed by atoms with Crippen molar-refractivity contribution >= 4 is 23.3 Å². The molecule has 4 aromatic rings. The summed E-state index contributed by atoms with van der Waals surface area (Å²) in [7, 11) is 0. The molecule has 0 atom stereocenters. The van der Waals surface area contributed by atoms with E-state index in [1.165, 1.54) is 31.0 Å². The second-order valence-electron chi connectivity index (χ2n) is 9.13. The molecule has 1 aliphatic rings. The highest BCUT2D eigenvalue weighted by molar-refractivity contribution is 5.89. The molecule has 1 heterocycles. The topological polar surface area (TPSA) is 140 Å². The van der Waals surface area contributed by atoms with E-state index in [0.717, 1.165) is 29.8 Å². The van der Waals surface area contributed by atoms with Crippen molar-refractivity contribution < 1.29 is 24.5 Å². The van der Waals surface area contributed by atoms with Crippen LogP contribution in [0.4, 0.5) is 17.3 Å². The van der Waals surface area contributed by atoms with Gasteiger partial charge in [0.2, 0.25) is 5.95 Å². The summed E-state index contributed by atoms with van der Waals surface area (Å²) in [5, 5.41) is 22.7. The lowest BCUT2D eigenvalue weighted by Crippen LogP contribution is -2.13. The molecule has 9 heteroatoms. The molecule has 0 saturated heterocycles. The summed E-state index contributed by atoms with van der Waals surface area (Å²) in [4.78, 5) is 20.0. The van der Waals surface area contributed by atoms with Crippen molar-refractivity contribution in [3.63, 3.8) is 0 Å². The van der Waals surface area contributed by atoms with Gasteiger partial charge in [0.05, 0.1) is 17.4 Å². The average Bonchev–Trinajstić information content (AvgIpc) is 3.43. The molecule has 3 aromatic carbocycles. The van der Waals surface area contributed by atoms with Crippen LogP contribution in [0.3, 0.4) is 0 Å². The number of phenolic OH excluding ortho intramolecular Hbond substituents is 1. The zero-order valence-corrected chi connectivity index (χ0v) is 20.6. The number of ether oxygens (including phenoxy) is 2. The minimum Gasteiger partial charge on any atom is -0.507 e. The number of carbonyl (C=O) groups is 1. The Labute approximate surface area is 219 Å². The Bertz CT molecular complexity index is 1440. The quantitative estimate of drug-likeness (QED) is 0.206. The first-order chi connectivity index (χ1) is 18.4. The zero-order chi connectivity index (χ0) is 26.5. The molecular formula is C29H28N4O5. The molecule has 1 aliphatic carbocycles. The number of carboxylic acid groups (broad SMARTS) is 1. The number of phenols is 1. The van der Waals surface area contributed by atoms with Crippen LogP contribution < -0.4 is 20.5 Å². The lowest BCUT2D eigenvalue weighted by Gasteiger charge is -2.18. The maximum absolute atomic E-state index is 11.2. The molecule has 0 spiro atoms. The Morgan fingerprint density at radius 2 is 1.82 bits per heavy atom. The van der Waals surface area contributed by atoms with Crippen LogP contribution in [-0.2, 0) is 6.61 Å².